The number of furan rings is 1. The number of pyridine rings is 1. The molecule has 1 saturated heterocycles. The number of hydrogen-bond acceptors (Lipinski definition) is 4. The highest BCUT2D eigenvalue weighted by Crippen LogP contribution is 2.79. The predicted octanol–water partition coefficient (Wildman–Crippen LogP) is 8.33. The van der Waals surface area contributed by atoms with Crippen LogP contribution in [-0.4, -0.2) is 10.6 Å². The van der Waals surface area contributed by atoms with Gasteiger partial charge in [-0.05, 0) is 118 Å². The number of aromatic nitrogens is 1. The summed E-state index contributed by atoms with van der Waals surface area (Å²) in [7, 11) is 0. The lowest BCUT2D eigenvalue weighted by molar-refractivity contribution is -0.130. The molecule has 0 spiro atoms. The lowest BCUT2D eigenvalue weighted by Gasteiger charge is -2.53. The van der Waals surface area contributed by atoms with E-state index in [1.54, 1.807) is 0 Å². The van der Waals surface area contributed by atoms with Crippen molar-refractivity contribution in [1.29, 1.82) is 0 Å². The predicted molar refractivity (Wildman–Crippen MR) is 144 cm³/mol. The summed E-state index contributed by atoms with van der Waals surface area (Å²) in [5.41, 5.74) is 1.06. The van der Waals surface area contributed by atoms with Crippen molar-refractivity contribution in [2.45, 2.75) is 93.7 Å². The van der Waals surface area contributed by atoms with Crippen molar-refractivity contribution in [3.8, 4) is 0 Å². The van der Waals surface area contributed by atoms with Gasteiger partial charge < -0.3 is 9.15 Å². The Bertz CT molecular complexity index is 1240. The lowest BCUT2D eigenvalue weighted by atomic mass is 9.46. The third kappa shape index (κ3) is 2.70. The standard InChI is InChI=1S/C32H37NO2S/c1-3-30(26-13-7-8-20-33-26)31(23-16-17-23,28-15-10-22-36-28)29(2,27-14-9-21-34-27)32(35-30,25-18-19-25)24-11-5-4-6-12-24/h7-11,13-15,20-23,25H,3-6,12,16-19H2,1-2H3. The summed E-state index contributed by atoms with van der Waals surface area (Å²) in [5.74, 6) is 2.12. The van der Waals surface area contributed by atoms with Crippen molar-refractivity contribution in [3.05, 3.63) is 88.3 Å². The van der Waals surface area contributed by atoms with Crippen LogP contribution in [-0.2, 0) is 21.2 Å². The summed E-state index contributed by atoms with van der Waals surface area (Å²) in [4.78, 5) is 6.53. The molecule has 3 aliphatic carbocycles. The molecule has 4 aliphatic rings. The van der Waals surface area contributed by atoms with Crippen LogP contribution in [0.3, 0.4) is 0 Å². The highest BCUT2D eigenvalue weighted by molar-refractivity contribution is 7.10. The SMILES string of the molecule is CCC1(c2ccccn2)OC(C2=CCCCC2)(C2CC2)C(C)(c2ccco2)C1(c1cccs1)C1CC1. The monoisotopic (exact) mass is 499 g/mol. The minimum absolute atomic E-state index is 0.268. The molecule has 4 unspecified atom stereocenters. The molecular formula is C32H37NO2S. The molecule has 2 saturated carbocycles. The second-order valence-electron chi connectivity index (χ2n) is 11.6. The number of nitrogens with zero attached hydrogens (tertiary/aromatic N) is 1. The molecule has 4 heterocycles. The number of thiophene rings is 1. The Kier molecular flexibility index (Phi) is 5.21. The zero-order valence-electron chi connectivity index (χ0n) is 21.5. The Labute approximate surface area is 219 Å². The number of hydrogen-bond donors (Lipinski definition) is 0. The minimum atomic E-state index is -0.539. The molecule has 0 aromatic carbocycles. The summed E-state index contributed by atoms with van der Waals surface area (Å²) < 4.78 is 14.6. The number of rotatable bonds is 7. The van der Waals surface area contributed by atoms with Gasteiger partial charge in [0.15, 0.2) is 0 Å². The van der Waals surface area contributed by atoms with Crippen LogP contribution in [0.25, 0.3) is 0 Å². The highest BCUT2D eigenvalue weighted by Gasteiger charge is 2.84. The lowest BCUT2D eigenvalue weighted by Crippen LogP contribution is -2.61. The fraction of sp³-hybridized carbons (Fsp3) is 0.531. The van der Waals surface area contributed by atoms with Crippen LogP contribution >= 0.6 is 11.3 Å². The fourth-order valence-electron chi connectivity index (χ4n) is 8.69. The van der Waals surface area contributed by atoms with Crippen LogP contribution in [0.2, 0.25) is 0 Å². The molecule has 36 heavy (non-hydrogen) atoms. The van der Waals surface area contributed by atoms with Gasteiger partial charge in [-0.2, -0.15) is 0 Å². The van der Waals surface area contributed by atoms with E-state index < -0.39 is 11.2 Å². The Hall–Kier alpha value is -2.17. The maximum absolute atomic E-state index is 8.03. The molecule has 4 atom stereocenters. The van der Waals surface area contributed by atoms with E-state index in [0.29, 0.717) is 11.8 Å². The number of ether oxygens (including phenoxy) is 1. The van der Waals surface area contributed by atoms with Gasteiger partial charge in [-0.3, -0.25) is 4.98 Å². The normalized spacial score (nSPS) is 36.7. The van der Waals surface area contributed by atoms with Crippen LogP contribution < -0.4 is 0 Å². The van der Waals surface area contributed by atoms with Gasteiger partial charge in [0.1, 0.15) is 17.0 Å². The van der Waals surface area contributed by atoms with Crippen molar-refractivity contribution in [2.75, 3.05) is 0 Å². The van der Waals surface area contributed by atoms with Gasteiger partial charge in [-0.15, -0.1) is 11.3 Å². The fourth-order valence-corrected chi connectivity index (χ4v) is 9.87. The maximum atomic E-state index is 8.03. The van der Waals surface area contributed by atoms with Gasteiger partial charge in [0, 0.05) is 11.1 Å². The van der Waals surface area contributed by atoms with Gasteiger partial charge in [-0.1, -0.05) is 25.1 Å². The first-order valence-corrected chi connectivity index (χ1v) is 14.9. The van der Waals surface area contributed by atoms with Gasteiger partial charge in [0.05, 0.1) is 22.8 Å². The first kappa shape index (κ1) is 23.0. The summed E-state index contributed by atoms with van der Waals surface area (Å²) >= 11 is 1.91. The van der Waals surface area contributed by atoms with Crippen LogP contribution in [0.4, 0.5) is 0 Å². The first-order valence-electron chi connectivity index (χ1n) is 14.0. The number of allylic oxidation sites excluding steroid dienone is 1. The minimum Gasteiger partial charge on any atom is -0.469 e. The third-order valence-electron chi connectivity index (χ3n) is 10.1. The summed E-state index contributed by atoms with van der Waals surface area (Å²) in [6.07, 6.45) is 17.0. The van der Waals surface area contributed by atoms with Crippen molar-refractivity contribution in [2.24, 2.45) is 11.8 Å². The second kappa shape index (κ2) is 8.16. The molecule has 4 heteroatoms. The van der Waals surface area contributed by atoms with E-state index in [1.807, 2.05) is 29.9 Å². The van der Waals surface area contributed by atoms with Crippen molar-refractivity contribution >= 4 is 11.3 Å². The average Bonchev–Trinajstić information content (AvgIpc) is 3.82. The molecule has 0 radical (unpaired) electrons. The molecule has 3 aromatic heterocycles. The van der Waals surface area contributed by atoms with Crippen molar-refractivity contribution in [1.82, 2.24) is 4.98 Å². The van der Waals surface area contributed by atoms with E-state index in [2.05, 4.69) is 61.7 Å². The largest absolute Gasteiger partial charge is 0.469 e. The van der Waals surface area contributed by atoms with E-state index in [4.69, 9.17) is 14.1 Å². The molecular weight excluding hydrogens is 462 g/mol. The van der Waals surface area contributed by atoms with Gasteiger partial charge in [0.25, 0.3) is 0 Å². The van der Waals surface area contributed by atoms with E-state index in [9.17, 15) is 0 Å². The molecule has 7 rings (SSSR count). The molecule has 188 valence electrons. The second-order valence-corrected chi connectivity index (χ2v) is 12.6. The highest BCUT2D eigenvalue weighted by atomic mass is 32.1. The van der Waals surface area contributed by atoms with Gasteiger partial charge in [0.2, 0.25) is 0 Å². The molecule has 3 aromatic rings. The Morgan fingerprint density at radius 3 is 2.44 bits per heavy atom. The van der Waals surface area contributed by atoms with E-state index in [-0.39, 0.29) is 10.8 Å². The average molecular weight is 500 g/mol. The summed E-state index contributed by atoms with van der Waals surface area (Å²) in [6.45, 7) is 4.86. The van der Waals surface area contributed by atoms with Crippen LogP contribution in [0.1, 0.15) is 88.0 Å². The maximum Gasteiger partial charge on any atom is 0.123 e. The van der Waals surface area contributed by atoms with Crippen LogP contribution in [0.5, 0.6) is 0 Å². The zero-order valence-corrected chi connectivity index (χ0v) is 22.4. The van der Waals surface area contributed by atoms with E-state index in [0.717, 1.165) is 30.7 Å². The molecule has 3 fully saturated rings. The van der Waals surface area contributed by atoms with E-state index in [1.165, 1.54) is 49.0 Å². The first-order chi connectivity index (χ1) is 17.6. The zero-order chi connectivity index (χ0) is 24.4. The molecule has 3 nitrogen and oxygen atoms in total. The Morgan fingerprint density at radius 2 is 1.86 bits per heavy atom. The van der Waals surface area contributed by atoms with Crippen molar-refractivity contribution in [3.63, 3.8) is 0 Å². The third-order valence-corrected chi connectivity index (χ3v) is 11.1. The summed E-state index contributed by atoms with van der Waals surface area (Å²) in [5, 5.41) is 2.26. The molecule has 0 bridgehead atoms. The molecule has 0 amide bonds. The van der Waals surface area contributed by atoms with Crippen molar-refractivity contribution < 1.29 is 9.15 Å². The Balaban J connectivity index is 1.65. The van der Waals surface area contributed by atoms with E-state index >= 15 is 0 Å². The molecule has 1 aliphatic heterocycles. The molecule has 0 N–H and O–H groups in total. The van der Waals surface area contributed by atoms with Gasteiger partial charge in [-0.25, -0.2) is 0 Å². The van der Waals surface area contributed by atoms with Gasteiger partial charge >= 0.3 is 0 Å². The van der Waals surface area contributed by atoms with Crippen LogP contribution in [0, 0.1) is 11.8 Å². The van der Waals surface area contributed by atoms with Crippen LogP contribution in [0.15, 0.2) is 76.4 Å². The topological polar surface area (TPSA) is 35.3 Å². The Morgan fingerprint density at radius 1 is 1.00 bits per heavy atom. The quantitative estimate of drug-likeness (QED) is 0.307. The summed E-state index contributed by atoms with van der Waals surface area (Å²) in [6, 6.07) is 15.4. The smallest absolute Gasteiger partial charge is 0.123 e.